The Morgan fingerprint density at radius 1 is 1.07 bits per heavy atom. The summed E-state index contributed by atoms with van der Waals surface area (Å²) in [6.45, 7) is 6.07. The maximum absolute atomic E-state index is 12.1. The van der Waals surface area contributed by atoms with Gasteiger partial charge in [0.2, 0.25) is 5.91 Å². The molecule has 2 aliphatic heterocycles. The number of hydrogen-bond donors (Lipinski definition) is 2. The molecule has 1 fully saturated rings. The first-order valence-corrected chi connectivity index (χ1v) is 10.1. The van der Waals surface area contributed by atoms with Crippen LogP contribution in [0.15, 0.2) is 53.6 Å². The molecule has 1 saturated heterocycles. The maximum Gasteiger partial charge on any atom is 0.245 e. The second kappa shape index (κ2) is 9.43. The summed E-state index contributed by atoms with van der Waals surface area (Å²) in [6, 6.07) is 16.1. The molecule has 7 nitrogen and oxygen atoms in total. The summed E-state index contributed by atoms with van der Waals surface area (Å²) in [6.07, 6.45) is 2.10. The number of nitrogens with one attached hydrogen (secondary N) is 2. The molecule has 152 valence electrons. The van der Waals surface area contributed by atoms with E-state index in [-0.39, 0.29) is 5.91 Å². The molecule has 0 atom stereocenters. The monoisotopic (exact) mass is 395 g/mol. The van der Waals surface area contributed by atoms with Crippen LogP contribution in [0.1, 0.15) is 12.0 Å². The lowest BCUT2D eigenvalue weighted by molar-refractivity contribution is -0.900. The molecule has 2 aromatic carbocycles. The summed E-state index contributed by atoms with van der Waals surface area (Å²) in [5, 5.41) is 4.07. The Morgan fingerprint density at radius 3 is 2.62 bits per heavy atom. The minimum Gasteiger partial charge on any atom is -0.486 e. The predicted octanol–water partition coefficient (Wildman–Crippen LogP) is 0.703. The van der Waals surface area contributed by atoms with E-state index >= 15 is 0 Å². The number of piperazine rings is 1. The van der Waals surface area contributed by atoms with Crippen molar-refractivity contribution >= 4 is 17.8 Å². The number of amides is 1. The predicted molar refractivity (Wildman–Crippen MR) is 112 cm³/mol. The van der Waals surface area contributed by atoms with Crippen molar-refractivity contribution in [2.75, 3.05) is 50.8 Å². The van der Waals surface area contributed by atoms with Gasteiger partial charge in [-0.05, 0) is 35.9 Å². The average Bonchev–Trinajstić information content (AvgIpc) is 2.78. The number of benzene rings is 2. The number of ether oxygens (including phenoxy) is 2. The molecule has 29 heavy (non-hydrogen) atoms. The number of para-hydroxylation sites is 1. The van der Waals surface area contributed by atoms with Gasteiger partial charge in [-0.1, -0.05) is 18.2 Å². The Hall–Kier alpha value is -3.06. The zero-order valence-electron chi connectivity index (χ0n) is 16.5. The van der Waals surface area contributed by atoms with Gasteiger partial charge >= 0.3 is 0 Å². The Balaban J connectivity index is 1.17. The molecule has 0 aliphatic carbocycles. The van der Waals surface area contributed by atoms with Gasteiger partial charge in [0.05, 0.1) is 45.4 Å². The summed E-state index contributed by atoms with van der Waals surface area (Å²) >= 11 is 0. The third kappa shape index (κ3) is 5.26. The Bertz CT molecular complexity index is 848. The zero-order valence-corrected chi connectivity index (χ0v) is 16.5. The van der Waals surface area contributed by atoms with Gasteiger partial charge in [0, 0.05) is 5.69 Å². The fourth-order valence-electron chi connectivity index (χ4n) is 3.64. The van der Waals surface area contributed by atoms with Crippen LogP contribution in [0.3, 0.4) is 0 Å². The molecule has 1 amide bonds. The van der Waals surface area contributed by atoms with E-state index in [1.807, 2.05) is 24.3 Å². The van der Waals surface area contributed by atoms with Crippen molar-refractivity contribution in [3.8, 4) is 11.5 Å². The van der Waals surface area contributed by atoms with Gasteiger partial charge in [0.15, 0.2) is 11.5 Å². The van der Waals surface area contributed by atoms with E-state index in [0.717, 1.165) is 44.0 Å². The fraction of sp³-hybridized carbons (Fsp3) is 0.364. The van der Waals surface area contributed by atoms with Gasteiger partial charge in [0.25, 0.3) is 0 Å². The number of fused-ring (bicyclic) bond motifs is 1. The lowest BCUT2D eigenvalue weighted by Crippen LogP contribution is -3.15. The normalized spacial score (nSPS) is 16.8. The van der Waals surface area contributed by atoms with Crippen molar-refractivity contribution in [2.45, 2.75) is 6.42 Å². The molecule has 0 saturated carbocycles. The van der Waals surface area contributed by atoms with E-state index in [0.29, 0.717) is 25.4 Å². The highest BCUT2D eigenvalue weighted by molar-refractivity contribution is 5.83. The first-order valence-electron chi connectivity index (χ1n) is 10.1. The molecule has 7 heteroatoms. The number of rotatable bonds is 6. The van der Waals surface area contributed by atoms with E-state index in [4.69, 9.17) is 9.47 Å². The molecular formula is C22H27N4O3+. The lowest BCUT2D eigenvalue weighted by atomic mass is 10.2. The van der Waals surface area contributed by atoms with E-state index in [1.165, 1.54) is 10.6 Å². The first-order chi connectivity index (χ1) is 14.3. The fourth-order valence-corrected chi connectivity index (χ4v) is 3.64. The van der Waals surface area contributed by atoms with Gasteiger partial charge in [-0.3, -0.25) is 4.79 Å². The van der Waals surface area contributed by atoms with E-state index in [1.54, 1.807) is 6.21 Å². The minimum atomic E-state index is -0.0585. The summed E-state index contributed by atoms with van der Waals surface area (Å²) in [7, 11) is 0. The van der Waals surface area contributed by atoms with Crippen molar-refractivity contribution in [3.05, 3.63) is 54.1 Å². The number of quaternary nitrogens is 1. The Morgan fingerprint density at radius 2 is 1.83 bits per heavy atom. The van der Waals surface area contributed by atoms with E-state index in [2.05, 4.69) is 39.7 Å². The number of anilines is 1. The Kier molecular flexibility index (Phi) is 6.26. The smallest absolute Gasteiger partial charge is 0.245 e. The summed E-state index contributed by atoms with van der Waals surface area (Å²) < 4.78 is 11.1. The summed E-state index contributed by atoms with van der Waals surface area (Å²) in [4.78, 5) is 16.0. The standard InChI is InChI=1S/C22H26N4O3/c27-22(24-23-17-18-6-7-20-21(16-18)29-15-14-28-20)8-9-25-10-12-26(13-11-25)19-4-2-1-3-5-19/h1-7,16-17H,8-15H2,(H,24,27)/p+1/b23-17-. The third-order valence-electron chi connectivity index (χ3n) is 5.27. The average molecular weight is 395 g/mol. The molecule has 4 rings (SSSR count). The van der Waals surface area contributed by atoms with Crippen LogP contribution in [0.2, 0.25) is 0 Å². The molecule has 0 spiro atoms. The van der Waals surface area contributed by atoms with E-state index < -0.39 is 0 Å². The highest BCUT2D eigenvalue weighted by Gasteiger charge is 2.20. The molecule has 2 aromatic rings. The minimum absolute atomic E-state index is 0.0585. The van der Waals surface area contributed by atoms with Gasteiger partial charge in [-0.25, -0.2) is 5.43 Å². The third-order valence-corrected chi connectivity index (χ3v) is 5.27. The SMILES string of the molecule is O=C(CC[NH+]1CCN(c2ccccc2)CC1)N/N=C\c1ccc2c(c1)OCCO2. The summed E-state index contributed by atoms with van der Waals surface area (Å²) in [5.74, 6) is 1.40. The molecule has 2 heterocycles. The zero-order chi connectivity index (χ0) is 19.9. The van der Waals surface area contributed by atoms with E-state index in [9.17, 15) is 4.79 Å². The van der Waals surface area contributed by atoms with Gasteiger partial charge < -0.3 is 19.3 Å². The van der Waals surface area contributed by atoms with Crippen LogP contribution < -0.4 is 24.7 Å². The topological polar surface area (TPSA) is 67.6 Å². The van der Waals surface area contributed by atoms with Crippen molar-refractivity contribution in [1.29, 1.82) is 0 Å². The van der Waals surface area contributed by atoms with Crippen LogP contribution >= 0.6 is 0 Å². The molecule has 0 aromatic heterocycles. The van der Waals surface area contributed by atoms with Crippen LogP contribution in [-0.2, 0) is 4.79 Å². The largest absolute Gasteiger partial charge is 0.486 e. The molecule has 0 unspecified atom stereocenters. The molecule has 2 aliphatic rings. The quantitative estimate of drug-likeness (QED) is 0.558. The number of carbonyl (C=O) groups is 1. The van der Waals surface area contributed by atoms with Crippen LogP contribution in [0.25, 0.3) is 0 Å². The highest BCUT2D eigenvalue weighted by Crippen LogP contribution is 2.30. The van der Waals surface area contributed by atoms with Crippen LogP contribution in [0.5, 0.6) is 11.5 Å². The van der Waals surface area contributed by atoms with Crippen LogP contribution in [-0.4, -0.2) is 58.1 Å². The number of carbonyl (C=O) groups excluding carboxylic acids is 1. The second-order valence-electron chi connectivity index (χ2n) is 7.27. The number of hydrogen-bond acceptors (Lipinski definition) is 5. The molecule has 0 bridgehead atoms. The van der Waals surface area contributed by atoms with Gasteiger partial charge in [-0.15, -0.1) is 0 Å². The number of hydrazone groups is 1. The summed E-state index contributed by atoms with van der Waals surface area (Å²) in [5.41, 5.74) is 4.75. The van der Waals surface area contributed by atoms with Crippen molar-refractivity contribution in [2.24, 2.45) is 5.10 Å². The first kappa shape index (κ1) is 19.3. The lowest BCUT2D eigenvalue weighted by Gasteiger charge is -2.33. The van der Waals surface area contributed by atoms with Crippen LogP contribution in [0.4, 0.5) is 5.69 Å². The highest BCUT2D eigenvalue weighted by atomic mass is 16.6. The van der Waals surface area contributed by atoms with Gasteiger partial charge in [-0.2, -0.15) is 5.10 Å². The maximum atomic E-state index is 12.1. The van der Waals surface area contributed by atoms with Crippen molar-refractivity contribution in [3.63, 3.8) is 0 Å². The van der Waals surface area contributed by atoms with Crippen molar-refractivity contribution < 1.29 is 19.2 Å². The Labute approximate surface area is 170 Å². The second-order valence-corrected chi connectivity index (χ2v) is 7.27. The molecular weight excluding hydrogens is 368 g/mol. The van der Waals surface area contributed by atoms with Gasteiger partial charge in [0.1, 0.15) is 13.2 Å². The molecule has 0 radical (unpaired) electrons. The van der Waals surface area contributed by atoms with Crippen LogP contribution in [0, 0.1) is 0 Å². The molecule has 2 N–H and O–H groups in total. The van der Waals surface area contributed by atoms with Crippen molar-refractivity contribution in [1.82, 2.24) is 5.43 Å². The number of nitrogens with zero attached hydrogens (tertiary/aromatic N) is 2.